The van der Waals surface area contributed by atoms with Gasteiger partial charge in [0.15, 0.2) is 11.9 Å². The van der Waals surface area contributed by atoms with Crippen molar-refractivity contribution in [2.45, 2.75) is 230 Å². The summed E-state index contributed by atoms with van der Waals surface area (Å²) in [6.07, 6.45) is -2.38. The van der Waals surface area contributed by atoms with Crippen molar-refractivity contribution in [3.8, 4) is 16.9 Å². The number of hydrogen-bond donors (Lipinski definition) is 26. The molecule has 2 heterocycles. The van der Waals surface area contributed by atoms with Gasteiger partial charge in [-0.3, -0.25) is 97.1 Å². The molecule has 0 radical (unpaired) electrons. The predicted octanol–water partition coefficient (Wildman–Crippen LogP) is -3.27. The number of primary amides is 2. The Morgan fingerprint density at radius 1 is 0.471 bits per heavy atom. The number of aliphatic carboxylic acids is 1. The molecule has 17 amide bonds. The normalized spacial score (nSPS) is 23.0. The molecule has 0 unspecified atom stereocenters. The van der Waals surface area contributed by atoms with E-state index in [1.54, 1.807) is 90.1 Å². The number of fused-ring (bicyclic) bond motifs is 1. The number of carboxylic acids is 1. The van der Waals surface area contributed by atoms with Gasteiger partial charge >= 0.3 is 5.97 Å². The molecule has 0 spiro atoms. The van der Waals surface area contributed by atoms with Crippen molar-refractivity contribution in [2.75, 3.05) is 38.2 Å². The Labute approximate surface area is 802 Å². The summed E-state index contributed by atoms with van der Waals surface area (Å²) in [7, 11) is 1.25. The molecule has 0 aliphatic carbocycles. The van der Waals surface area contributed by atoms with Crippen LogP contribution in [0.15, 0.2) is 109 Å². The summed E-state index contributed by atoms with van der Waals surface area (Å²) in [6, 6.07) is 3.01. The van der Waals surface area contributed by atoms with Crippen LogP contribution in [0.25, 0.3) is 22.0 Å². The fourth-order valence-corrected chi connectivity index (χ4v) is 15.5. The average Bonchev–Trinajstić information content (AvgIpc) is 1.66. The van der Waals surface area contributed by atoms with Crippen molar-refractivity contribution in [2.24, 2.45) is 46.6 Å². The predicted molar refractivity (Wildman–Crippen MR) is 511 cm³/mol. The lowest BCUT2D eigenvalue weighted by Gasteiger charge is -2.32. The minimum absolute atomic E-state index is 0.00243. The quantitative estimate of drug-likeness (QED) is 0.0127. The van der Waals surface area contributed by atoms with Gasteiger partial charge in [0.25, 0.3) is 0 Å². The first kappa shape index (κ1) is 112. The number of para-hydroxylation sites is 1. The van der Waals surface area contributed by atoms with Crippen LogP contribution in [-0.4, -0.2) is 272 Å². The van der Waals surface area contributed by atoms with E-state index in [4.69, 9.17) is 33.8 Å². The summed E-state index contributed by atoms with van der Waals surface area (Å²) >= 11 is 0.604. The number of aromatic amines is 1. The Hall–Kier alpha value is -14.5. The average molecular weight is 1940 g/mol. The number of carbonyl (C=O) groups excluding carboxylic acids is 17. The number of phenolic OH excluding ortho intramolecular Hbond substituents is 1. The van der Waals surface area contributed by atoms with Crippen LogP contribution in [0.3, 0.4) is 0 Å². The molecular weight excluding hydrogens is 1810 g/mol. The molecule has 5 aromatic rings. The van der Waals surface area contributed by atoms with Crippen LogP contribution in [0.2, 0.25) is 0 Å². The number of aromatic nitrogens is 1. The summed E-state index contributed by atoms with van der Waals surface area (Å²) < 4.78 is 0. The number of H-pyrrole nitrogens is 1. The van der Waals surface area contributed by atoms with Crippen LogP contribution >= 0.6 is 11.8 Å². The molecule has 4 aromatic carbocycles. The number of aliphatic hydroxyl groups excluding tert-OH is 1. The van der Waals surface area contributed by atoms with Crippen LogP contribution in [-0.2, 0) is 106 Å². The van der Waals surface area contributed by atoms with Gasteiger partial charge in [-0.25, -0.2) is 0 Å². The van der Waals surface area contributed by atoms with Crippen molar-refractivity contribution < 1.29 is 102 Å². The van der Waals surface area contributed by atoms with E-state index >= 15 is 24.0 Å². The number of aromatic hydroxyl groups is 1. The van der Waals surface area contributed by atoms with E-state index in [1.807, 2.05) is 30.3 Å². The van der Waals surface area contributed by atoms with Gasteiger partial charge in [0.1, 0.15) is 96.4 Å². The summed E-state index contributed by atoms with van der Waals surface area (Å²) in [5.41, 5.74) is 25.6. The minimum Gasteiger partial charge on any atom is -0.508 e. The molecule has 1 saturated heterocycles. The molecule has 6 rings (SSSR count). The van der Waals surface area contributed by atoms with E-state index in [-0.39, 0.29) is 81.2 Å². The maximum Gasteiger partial charge on any atom is 0.305 e. The zero-order chi connectivity index (χ0) is 102. The lowest BCUT2D eigenvalue weighted by atomic mass is 9.98. The summed E-state index contributed by atoms with van der Waals surface area (Å²) in [4.78, 5) is 264. The molecule has 138 heavy (non-hydrogen) atoms. The third-order valence-corrected chi connectivity index (χ3v) is 23.4. The first-order chi connectivity index (χ1) is 65.1. The number of carboxylic acid groups (broad SMARTS) is 1. The first-order valence-corrected chi connectivity index (χ1v) is 46.4. The number of nitrogens with two attached hydrogens (primary N) is 4. The Morgan fingerprint density at radius 2 is 0.884 bits per heavy atom. The van der Waals surface area contributed by atoms with Crippen molar-refractivity contribution in [3.05, 3.63) is 126 Å². The second-order valence-corrected chi connectivity index (χ2v) is 36.4. The SMILES string of the molecule is CC(C)C[C@@H]1NC(=O)[C@H](CCCNC(=N)N)NC(=O)[C@@H](CC(C)C)NC(=O)[C@H](C)N(C)C(=O)[C@H](CCCNC(=N)N)NC(=O)[C@H](Cc2ccc(-c3ccccc3)cc2)NC(=O)[C@H](C(C)C)NC(=O)[C@H](Cc2c[nH]c3ccccc23)NC(=O)[C@H](CC(=O)O)NC(=O)[C@H](Cc2ccc(O)cc2)NC(=O)[C@H](CC(N)=O)NC(=O)CSC[C@@H](C(=O)N[C@@H](C)C(N)=O)NC(=O)[C@H](CO)NC(=O)[C@H](C(C)C)NC1=O. The van der Waals surface area contributed by atoms with E-state index < -0.39 is 265 Å². The second-order valence-electron chi connectivity index (χ2n) is 35.3. The highest BCUT2D eigenvalue weighted by Crippen LogP contribution is 2.24. The van der Waals surface area contributed by atoms with E-state index in [1.165, 1.54) is 65.2 Å². The highest BCUT2D eigenvalue weighted by Gasteiger charge is 2.41. The van der Waals surface area contributed by atoms with Gasteiger partial charge in [-0.2, -0.15) is 0 Å². The molecule has 45 nitrogen and oxygen atoms in total. The van der Waals surface area contributed by atoms with Gasteiger partial charge in [-0.05, 0) is 122 Å². The molecule has 15 atom stereocenters. The van der Waals surface area contributed by atoms with Crippen LogP contribution < -0.4 is 108 Å². The smallest absolute Gasteiger partial charge is 0.305 e. The highest BCUT2D eigenvalue weighted by molar-refractivity contribution is 8.00. The van der Waals surface area contributed by atoms with Crippen LogP contribution in [0, 0.1) is 34.5 Å². The molecule has 0 bridgehead atoms. The van der Waals surface area contributed by atoms with Gasteiger partial charge in [0.2, 0.25) is 100 Å². The fourth-order valence-electron chi connectivity index (χ4n) is 14.7. The maximum absolute atomic E-state index is 15.5. The zero-order valence-corrected chi connectivity index (χ0v) is 79.8. The zero-order valence-electron chi connectivity index (χ0n) is 79.0. The Morgan fingerprint density at radius 3 is 1.39 bits per heavy atom. The minimum atomic E-state index is -2.14. The Kier molecular flexibility index (Phi) is 44.7. The number of likely N-dealkylation sites (N-methyl/N-ethyl adjacent to an activating group) is 1. The molecular formula is C92H132N24O21S. The Balaban J connectivity index is 1.50. The molecule has 46 heteroatoms. The maximum atomic E-state index is 15.5. The van der Waals surface area contributed by atoms with Crippen LogP contribution in [0.5, 0.6) is 5.75 Å². The van der Waals surface area contributed by atoms with E-state index in [9.17, 15) is 77.6 Å². The monoisotopic (exact) mass is 1940 g/mol. The van der Waals surface area contributed by atoms with E-state index in [0.717, 1.165) is 16.0 Å². The van der Waals surface area contributed by atoms with Crippen molar-refractivity contribution in [3.63, 3.8) is 0 Å². The van der Waals surface area contributed by atoms with Gasteiger partial charge in [-0.15, -0.1) is 11.8 Å². The van der Waals surface area contributed by atoms with Crippen LogP contribution in [0.4, 0.5) is 0 Å². The summed E-state index contributed by atoms with van der Waals surface area (Å²) in [5.74, 6) is -24.8. The lowest BCUT2D eigenvalue weighted by molar-refractivity contribution is -0.143. The topological polar surface area (TPSA) is 731 Å². The van der Waals surface area contributed by atoms with Crippen molar-refractivity contribution in [1.29, 1.82) is 10.8 Å². The number of thioether (sulfide) groups is 1. The van der Waals surface area contributed by atoms with E-state index in [2.05, 4.69) is 90.1 Å². The third-order valence-electron chi connectivity index (χ3n) is 22.4. The van der Waals surface area contributed by atoms with Gasteiger partial charge in [-0.1, -0.05) is 140 Å². The van der Waals surface area contributed by atoms with Gasteiger partial charge in [0.05, 0.1) is 25.2 Å². The van der Waals surface area contributed by atoms with Crippen molar-refractivity contribution >= 4 is 141 Å². The van der Waals surface area contributed by atoms with Gasteiger partial charge < -0.3 is 133 Å². The molecule has 1 aliphatic heterocycles. The molecule has 0 saturated carbocycles. The number of nitrogens with zero attached hydrogens (tertiary/aromatic N) is 1. The molecule has 1 aliphatic rings. The number of nitrogens with one attached hydrogen (secondary N) is 19. The number of benzene rings is 4. The fraction of sp³-hybridized carbons (Fsp3) is 0.500. The number of hydrogen-bond acceptors (Lipinski definition) is 23. The number of amides is 17. The number of rotatable bonds is 29. The molecule has 30 N–H and O–H groups in total. The van der Waals surface area contributed by atoms with Crippen molar-refractivity contribution in [1.82, 2.24) is 95.0 Å². The summed E-state index contributed by atoms with van der Waals surface area (Å²) in [5, 5.41) is 88.5. The van der Waals surface area contributed by atoms with Gasteiger partial charge in [0, 0.05) is 62.3 Å². The molecule has 1 aromatic heterocycles. The van der Waals surface area contributed by atoms with E-state index in [0.29, 0.717) is 33.8 Å². The first-order valence-electron chi connectivity index (χ1n) is 45.3. The molecule has 752 valence electrons. The highest BCUT2D eigenvalue weighted by atomic mass is 32.2. The lowest BCUT2D eigenvalue weighted by Crippen LogP contribution is -2.62. The van der Waals surface area contributed by atoms with Crippen LogP contribution in [0.1, 0.15) is 137 Å². The number of phenols is 1. The number of guanidine groups is 2. The standard InChI is InChI=1S/C92H132N24O21S/c1-46(2)35-62-79(126)104-60(23-17-33-99-91(95)96)78(125)107-63(36-47(3)4)84(131)114-75(49(7)8)89(136)112-69(43-117)86(133)113-70(87(134)102-50(9)76(94)123)44-138-45-72(120)103-67(40-71(93)119)82(129)108-64(38-53-27-31-57(118)32-28-53)81(128)110-68(41-73(121)122)83(130)109-66(39-56-42-101-59-22-16-15-21-58(56)59)85(132)115-74(48(5)6)88(135)111-65(37-52-25-29-55(30-26-52)54-19-13-12-14-20-54)80(127)105-61(24-18-34-100-92(97)98)90(137)116(11)51(10)77(124)106-62/h12-16,19-22,25-32,42,46-51,60-70,74-75,101,117-118H,17-18,23-24,33-41,43-45H2,1-11H3,(H2,93,119)(H2,94,123)(H,102,134)(H,103,120)(H,104,126)(H,105,127)(H,106,124)(H,107,125)(H,108,129)(H,109,130)(H,110,128)(H,111,135)(H,112,136)(H,113,133)(H,114,131)(H,115,132)(H,121,122)(H4,95,96,99)(H4,97,98,100)/t50-,51-,60-,61-,62+,63-,64-,65-,66-,67-,68-,69-,70-,74-,75-/m0/s1. The third kappa shape index (κ3) is 36.6. The largest absolute Gasteiger partial charge is 0.508 e. The number of aliphatic hydroxyl groups is 1. The Bertz CT molecular complexity index is 5120. The number of carbonyl (C=O) groups is 18. The summed E-state index contributed by atoms with van der Waals surface area (Å²) in [6.45, 7) is 14.4. The second kappa shape index (κ2) is 54.9. The molecule has 1 fully saturated rings.